The lowest BCUT2D eigenvalue weighted by molar-refractivity contribution is -0.116. The van der Waals surface area contributed by atoms with Gasteiger partial charge in [-0.2, -0.15) is 16.7 Å². The molecule has 7 heteroatoms. The van der Waals surface area contributed by atoms with E-state index in [1.165, 1.54) is 6.33 Å². The van der Waals surface area contributed by atoms with E-state index in [1.807, 2.05) is 11.8 Å². The molecule has 1 aromatic heterocycles. The lowest BCUT2D eigenvalue weighted by atomic mass is 10.2. The molecule has 0 radical (unpaired) electrons. The average molecular weight is 266 g/mol. The first-order valence-corrected chi connectivity index (χ1v) is 6.98. The molecule has 0 aromatic carbocycles. The molecule has 1 aromatic rings. The highest BCUT2D eigenvalue weighted by atomic mass is 32.2. The number of aromatic nitrogens is 2. The summed E-state index contributed by atoms with van der Waals surface area (Å²) in [4.78, 5) is 22.5. The summed E-state index contributed by atoms with van der Waals surface area (Å²) in [7, 11) is 1.54. The van der Waals surface area contributed by atoms with Crippen molar-refractivity contribution in [1.29, 1.82) is 0 Å². The van der Waals surface area contributed by atoms with Crippen molar-refractivity contribution in [2.75, 3.05) is 35.4 Å². The van der Waals surface area contributed by atoms with Crippen LogP contribution in [0.4, 0.5) is 11.5 Å². The number of anilines is 2. The SMILES string of the molecule is COc1ncnc2c1NC(=O)CC1CSCCN21. The summed E-state index contributed by atoms with van der Waals surface area (Å²) in [5, 5.41) is 2.86. The van der Waals surface area contributed by atoms with Gasteiger partial charge in [0.1, 0.15) is 12.0 Å². The van der Waals surface area contributed by atoms with Crippen LogP contribution >= 0.6 is 11.8 Å². The van der Waals surface area contributed by atoms with Gasteiger partial charge >= 0.3 is 0 Å². The normalized spacial score (nSPS) is 22.6. The van der Waals surface area contributed by atoms with Crippen LogP contribution in [-0.2, 0) is 4.79 Å². The second kappa shape index (κ2) is 4.64. The van der Waals surface area contributed by atoms with E-state index in [9.17, 15) is 4.79 Å². The molecule has 2 aliphatic rings. The zero-order chi connectivity index (χ0) is 12.5. The second-order valence-electron chi connectivity index (χ2n) is 4.26. The van der Waals surface area contributed by atoms with Crippen LogP contribution in [0, 0.1) is 0 Å². The minimum absolute atomic E-state index is 0.000602. The van der Waals surface area contributed by atoms with Gasteiger partial charge in [0, 0.05) is 30.5 Å². The Kier molecular flexibility index (Phi) is 2.99. The second-order valence-corrected chi connectivity index (χ2v) is 5.41. The molecule has 1 amide bonds. The number of methoxy groups -OCH3 is 1. The zero-order valence-electron chi connectivity index (χ0n) is 10.0. The van der Waals surface area contributed by atoms with Gasteiger partial charge in [0.25, 0.3) is 0 Å². The predicted molar refractivity (Wildman–Crippen MR) is 70.3 cm³/mol. The van der Waals surface area contributed by atoms with Gasteiger partial charge in [-0.05, 0) is 0 Å². The average Bonchev–Trinajstić information content (AvgIpc) is 2.53. The fourth-order valence-corrected chi connectivity index (χ4v) is 3.41. The minimum atomic E-state index is -0.000602. The van der Waals surface area contributed by atoms with Gasteiger partial charge in [-0.15, -0.1) is 0 Å². The fraction of sp³-hybridized carbons (Fsp3) is 0.545. The zero-order valence-corrected chi connectivity index (χ0v) is 10.9. The summed E-state index contributed by atoms with van der Waals surface area (Å²) < 4.78 is 5.20. The van der Waals surface area contributed by atoms with E-state index in [1.54, 1.807) is 7.11 Å². The Hall–Kier alpha value is -1.50. The van der Waals surface area contributed by atoms with Crippen LogP contribution in [-0.4, -0.2) is 47.1 Å². The van der Waals surface area contributed by atoms with Crippen LogP contribution in [0.3, 0.4) is 0 Å². The number of ether oxygens (including phenoxy) is 1. The highest BCUT2D eigenvalue weighted by Crippen LogP contribution is 2.37. The van der Waals surface area contributed by atoms with Gasteiger partial charge in [-0.25, -0.2) is 4.98 Å². The lowest BCUT2D eigenvalue weighted by Gasteiger charge is -2.34. The van der Waals surface area contributed by atoms with Crippen molar-refractivity contribution in [2.45, 2.75) is 12.5 Å². The maximum Gasteiger partial charge on any atom is 0.242 e. The number of nitrogens with zero attached hydrogens (tertiary/aromatic N) is 3. The molecule has 1 atom stereocenters. The molecule has 1 unspecified atom stereocenters. The molecule has 1 N–H and O–H groups in total. The van der Waals surface area contributed by atoms with E-state index in [0.29, 0.717) is 18.0 Å². The first-order chi connectivity index (χ1) is 8.79. The predicted octanol–water partition coefficient (Wildman–Crippen LogP) is 0.749. The molecule has 3 rings (SSSR count). The van der Waals surface area contributed by atoms with Crippen molar-refractivity contribution < 1.29 is 9.53 Å². The highest BCUT2D eigenvalue weighted by molar-refractivity contribution is 7.99. The maximum atomic E-state index is 11.9. The molecule has 1 fully saturated rings. The van der Waals surface area contributed by atoms with E-state index < -0.39 is 0 Å². The number of thioether (sulfide) groups is 1. The molecule has 0 spiro atoms. The van der Waals surface area contributed by atoms with Crippen LogP contribution in [0.5, 0.6) is 5.88 Å². The van der Waals surface area contributed by atoms with E-state index in [4.69, 9.17) is 4.74 Å². The Morgan fingerprint density at radius 3 is 3.28 bits per heavy atom. The molecule has 0 saturated carbocycles. The van der Waals surface area contributed by atoms with Crippen LogP contribution < -0.4 is 15.0 Å². The molecule has 6 nitrogen and oxygen atoms in total. The first-order valence-electron chi connectivity index (χ1n) is 5.83. The topological polar surface area (TPSA) is 67.4 Å². The molecule has 3 heterocycles. The van der Waals surface area contributed by atoms with Crippen LogP contribution in [0.2, 0.25) is 0 Å². The molecular formula is C11H14N4O2S. The van der Waals surface area contributed by atoms with E-state index in [-0.39, 0.29) is 11.9 Å². The Bertz CT molecular complexity index is 482. The number of hydrogen-bond donors (Lipinski definition) is 1. The lowest BCUT2D eigenvalue weighted by Crippen LogP contribution is -2.43. The standard InChI is InChI=1S/C11H14N4O2S/c1-17-11-9-10(12-6-13-11)15-2-3-18-5-7(15)4-8(16)14-9/h6-7H,2-5H2,1H3,(H,14,16). The summed E-state index contributed by atoms with van der Waals surface area (Å²) in [5.41, 5.74) is 0.597. The summed E-state index contributed by atoms with van der Waals surface area (Å²) in [5.74, 6) is 3.21. The van der Waals surface area contributed by atoms with Gasteiger partial charge in [-0.3, -0.25) is 4.79 Å². The van der Waals surface area contributed by atoms with E-state index >= 15 is 0 Å². The maximum absolute atomic E-state index is 11.9. The summed E-state index contributed by atoms with van der Waals surface area (Å²) >= 11 is 1.88. The van der Waals surface area contributed by atoms with Gasteiger partial charge in [-0.1, -0.05) is 0 Å². The highest BCUT2D eigenvalue weighted by Gasteiger charge is 2.33. The Labute approximate surface area is 109 Å². The third-order valence-electron chi connectivity index (χ3n) is 3.17. The van der Waals surface area contributed by atoms with Crippen LogP contribution in [0.15, 0.2) is 6.33 Å². The van der Waals surface area contributed by atoms with Gasteiger partial charge in [0.05, 0.1) is 7.11 Å². The van der Waals surface area contributed by atoms with E-state index in [2.05, 4.69) is 20.2 Å². The summed E-state index contributed by atoms with van der Waals surface area (Å²) in [6.45, 7) is 0.900. The molecule has 1 saturated heterocycles. The largest absolute Gasteiger partial charge is 0.479 e. The van der Waals surface area contributed by atoms with Gasteiger partial charge < -0.3 is 15.0 Å². The summed E-state index contributed by atoms with van der Waals surface area (Å²) in [6.07, 6.45) is 1.97. The van der Waals surface area contributed by atoms with Crippen molar-refractivity contribution in [3.8, 4) is 5.88 Å². The smallest absolute Gasteiger partial charge is 0.242 e. The van der Waals surface area contributed by atoms with Crippen molar-refractivity contribution >= 4 is 29.2 Å². The third-order valence-corrected chi connectivity index (χ3v) is 4.26. The monoisotopic (exact) mass is 266 g/mol. The quantitative estimate of drug-likeness (QED) is 0.809. The number of fused-ring (bicyclic) bond motifs is 3. The molecule has 2 aliphatic heterocycles. The Balaban J connectivity index is 2.08. The number of nitrogens with one attached hydrogen (secondary N) is 1. The van der Waals surface area contributed by atoms with Crippen molar-refractivity contribution in [3.63, 3.8) is 0 Å². The number of carbonyl (C=O) groups excluding carboxylic acids is 1. The Morgan fingerprint density at radius 1 is 1.56 bits per heavy atom. The van der Waals surface area contributed by atoms with Gasteiger partial charge in [0.2, 0.25) is 11.8 Å². The minimum Gasteiger partial charge on any atom is -0.479 e. The molecule has 18 heavy (non-hydrogen) atoms. The molecule has 0 aliphatic carbocycles. The van der Waals surface area contributed by atoms with Crippen molar-refractivity contribution in [2.24, 2.45) is 0 Å². The summed E-state index contributed by atoms with van der Waals surface area (Å²) in [6, 6.07) is 0.213. The molecule has 96 valence electrons. The van der Waals surface area contributed by atoms with Crippen LogP contribution in [0.1, 0.15) is 6.42 Å². The van der Waals surface area contributed by atoms with Crippen molar-refractivity contribution in [3.05, 3.63) is 6.33 Å². The fourth-order valence-electron chi connectivity index (χ4n) is 2.35. The number of hydrogen-bond acceptors (Lipinski definition) is 6. The number of rotatable bonds is 1. The first kappa shape index (κ1) is 11.6. The molecule has 0 bridgehead atoms. The van der Waals surface area contributed by atoms with Crippen molar-refractivity contribution in [1.82, 2.24) is 9.97 Å². The number of amides is 1. The van der Waals surface area contributed by atoms with E-state index in [0.717, 1.165) is 23.9 Å². The Morgan fingerprint density at radius 2 is 2.44 bits per heavy atom. The molecular weight excluding hydrogens is 252 g/mol. The van der Waals surface area contributed by atoms with Crippen LogP contribution in [0.25, 0.3) is 0 Å². The third kappa shape index (κ3) is 1.88. The van der Waals surface area contributed by atoms with Gasteiger partial charge in [0.15, 0.2) is 5.82 Å². The number of carbonyl (C=O) groups is 1.